The maximum atomic E-state index is 12.0. The summed E-state index contributed by atoms with van der Waals surface area (Å²) in [5.74, 6) is 0. The predicted molar refractivity (Wildman–Crippen MR) is 70.5 cm³/mol. The van der Waals surface area contributed by atoms with E-state index < -0.39 is 5.54 Å². The van der Waals surface area contributed by atoms with E-state index in [1.165, 1.54) is 0 Å². The number of rotatable bonds is 6. The number of urea groups is 1. The largest absolute Gasteiger partial charge is 0.394 e. The van der Waals surface area contributed by atoms with Crippen molar-refractivity contribution in [3.63, 3.8) is 0 Å². The van der Waals surface area contributed by atoms with Crippen LogP contribution in [0.15, 0.2) is 0 Å². The van der Waals surface area contributed by atoms with Crippen LogP contribution in [0.4, 0.5) is 4.79 Å². The van der Waals surface area contributed by atoms with Crippen LogP contribution >= 0.6 is 0 Å². The number of ether oxygens (including phenoxy) is 1. The zero-order valence-corrected chi connectivity index (χ0v) is 11.7. The Labute approximate surface area is 109 Å². The van der Waals surface area contributed by atoms with Crippen molar-refractivity contribution in [2.75, 3.05) is 26.3 Å². The Hall–Kier alpha value is -0.810. The van der Waals surface area contributed by atoms with E-state index in [-0.39, 0.29) is 18.7 Å². The fourth-order valence-electron chi connectivity index (χ4n) is 2.22. The minimum Gasteiger partial charge on any atom is -0.394 e. The third-order valence-electron chi connectivity index (χ3n) is 3.38. The molecule has 5 nitrogen and oxygen atoms in total. The van der Waals surface area contributed by atoms with Gasteiger partial charge in [-0.3, -0.25) is 0 Å². The van der Waals surface area contributed by atoms with Gasteiger partial charge in [-0.15, -0.1) is 0 Å². The lowest BCUT2D eigenvalue weighted by Crippen LogP contribution is -2.51. The minimum absolute atomic E-state index is 0.0247. The number of aliphatic hydroxyl groups excluding tert-OH is 1. The predicted octanol–water partition coefficient (Wildman–Crippen LogP) is 1.36. The van der Waals surface area contributed by atoms with Gasteiger partial charge in [0.05, 0.1) is 18.2 Å². The topological polar surface area (TPSA) is 61.8 Å². The molecule has 0 aromatic heterocycles. The van der Waals surface area contributed by atoms with Gasteiger partial charge in [-0.1, -0.05) is 0 Å². The molecule has 1 heterocycles. The van der Waals surface area contributed by atoms with Crippen LogP contribution in [0.2, 0.25) is 0 Å². The molecule has 1 rings (SSSR count). The van der Waals surface area contributed by atoms with Crippen molar-refractivity contribution in [3.8, 4) is 0 Å². The maximum absolute atomic E-state index is 12.0. The van der Waals surface area contributed by atoms with E-state index in [9.17, 15) is 9.90 Å². The Morgan fingerprint density at radius 1 is 1.56 bits per heavy atom. The molecule has 18 heavy (non-hydrogen) atoms. The average Bonchev–Trinajstić information content (AvgIpc) is 2.71. The third-order valence-corrected chi connectivity index (χ3v) is 3.38. The van der Waals surface area contributed by atoms with Gasteiger partial charge in [-0.25, -0.2) is 4.79 Å². The second kappa shape index (κ2) is 6.95. The molecule has 0 spiro atoms. The summed E-state index contributed by atoms with van der Waals surface area (Å²) in [4.78, 5) is 13.7. The van der Waals surface area contributed by atoms with Crippen LogP contribution in [-0.4, -0.2) is 54.0 Å². The number of nitrogens with zero attached hydrogens (tertiary/aromatic N) is 1. The number of hydrogen-bond acceptors (Lipinski definition) is 3. The Morgan fingerprint density at radius 3 is 2.89 bits per heavy atom. The summed E-state index contributed by atoms with van der Waals surface area (Å²) in [5.41, 5.74) is -0.390. The average molecular weight is 258 g/mol. The lowest BCUT2D eigenvalue weighted by atomic mass is 10.0. The fraction of sp³-hybridized carbons (Fsp3) is 0.923. The molecule has 1 aliphatic heterocycles. The molecule has 0 aromatic rings. The lowest BCUT2D eigenvalue weighted by Gasteiger charge is -2.33. The summed E-state index contributed by atoms with van der Waals surface area (Å²) in [6.45, 7) is 7.95. The molecule has 0 radical (unpaired) electrons. The van der Waals surface area contributed by atoms with Crippen molar-refractivity contribution in [1.82, 2.24) is 10.2 Å². The van der Waals surface area contributed by atoms with E-state index >= 15 is 0 Å². The van der Waals surface area contributed by atoms with Crippen LogP contribution in [0.1, 0.15) is 40.0 Å². The van der Waals surface area contributed by atoms with Crippen LogP contribution < -0.4 is 5.32 Å². The molecule has 1 saturated heterocycles. The van der Waals surface area contributed by atoms with E-state index in [1.54, 1.807) is 4.90 Å². The van der Waals surface area contributed by atoms with E-state index in [1.807, 2.05) is 20.8 Å². The molecule has 2 N–H and O–H groups in total. The van der Waals surface area contributed by atoms with Gasteiger partial charge in [-0.05, 0) is 40.0 Å². The molecular formula is C13H26N2O3. The van der Waals surface area contributed by atoms with Crippen LogP contribution in [0.25, 0.3) is 0 Å². The number of carbonyl (C=O) groups is 1. The highest BCUT2D eigenvalue weighted by atomic mass is 16.5. The molecular weight excluding hydrogens is 232 g/mol. The normalized spacial score (nSPS) is 23.7. The molecule has 5 heteroatoms. The standard InChI is InChI=1S/C13H26N2O3/c1-11(2)18-9-5-7-14-12(17)15-8-4-6-13(15,3)10-16/h11,16H,4-10H2,1-3H3,(H,14,17). The highest BCUT2D eigenvalue weighted by Gasteiger charge is 2.38. The van der Waals surface area contributed by atoms with Crippen LogP contribution in [0.3, 0.4) is 0 Å². The number of aliphatic hydroxyl groups is 1. The molecule has 0 aliphatic carbocycles. The maximum Gasteiger partial charge on any atom is 0.317 e. The van der Waals surface area contributed by atoms with Crippen LogP contribution in [-0.2, 0) is 4.74 Å². The summed E-state index contributed by atoms with van der Waals surface area (Å²) < 4.78 is 5.41. The summed E-state index contributed by atoms with van der Waals surface area (Å²) in [5, 5.41) is 12.3. The van der Waals surface area contributed by atoms with Gasteiger partial charge in [0.15, 0.2) is 0 Å². The van der Waals surface area contributed by atoms with Gasteiger partial charge in [0, 0.05) is 19.7 Å². The number of hydrogen-bond donors (Lipinski definition) is 2. The number of carbonyl (C=O) groups excluding carboxylic acids is 1. The second-order valence-electron chi connectivity index (χ2n) is 5.42. The molecule has 1 aliphatic rings. The van der Waals surface area contributed by atoms with Gasteiger partial charge < -0.3 is 20.1 Å². The van der Waals surface area contributed by atoms with Crippen molar-refractivity contribution in [3.05, 3.63) is 0 Å². The molecule has 1 atom stereocenters. The van der Waals surface area contributed by atoms with E-state index in [0.717, 1.165) is 25.8 Å². The summed E-state index contributed by atoms with van der Waals surface area (Å²) >= 11 is 0. The van der Waals surface area contributed by atoms with Gasteiger partial charge in [0.25, 0.3) is 0 Å². The first kappa shape index (κ1) is 15.2. The molecule has 1 unspecified atom stereocenters. The third kappa shape index (κ3) is 4.14. The number of nitrogens with one attached hydrogen (secondary N) is 1. The fourth-order valence-corrected chi connectivity index (χ4v) is 2.22. The second-order valence-corrected chi connectivity index (χ2v) is 5.42. The van der Waals surface area contributed by atoms with Gasteiger partial charge in [0.2, 0.25) is 0 Å². The summed E-state index contributed by atoms with van der Waals surface area (Å²) in [6, 6.07) is -0.0754. The van der Waals surface area contributed by atoms with Crippen LogP contribution in [0, 0.1) is 0 Å². The smallest absolute Gasteiger partial charge is 0.317 e. The Morgan fingerprint density at radius 2 is 2.28 bits per heavy atom. The van der Waals surface area contributed by atoms with Crippen LogP contribution in [0.5, 0.6) is 0 Å². The van der Waals surface area contributed by atoms with Crippen molar-refractivity contribution in [1.29, 1.82) is 0 Å². The van der Waals surface area contributed by atoms with Crippen molar-refractivity contribution < 1.29 is 14.6 Å². The SMILES string of the molecule is CC(C)OCCCNC(=O)N1CCCC1(C)CO. The zero-order chi connectivity index (χ0) is 13.6. The van der Waals surface area contributed by atoms with Crippen molar-refractivity contribution >= 4 is 6.03 Å². The molecule has 106 valence electrons. The Balaban J connectivity index is 2.24. The molecule has 2 amide bonds. The van der Waals surface area contributed by atoms with Gasteiger partial charge in [-0.2, -0.15) is 0 Å². The highest BCUT2D eigenvalue weighted by molar-refractivity contribution is 5.75. The summed E-state index contributed by atoms with van der Waals surface area (Å²) in [6.07, 6.45) is 2.87. The summed E-state index contributed by atoms with van der Waals surface area (Å²) in [7, 11) is 0. The first-order chi connectivity index (χ1) is 8.49. The molecule has 0 bridgehead atoms. The first-order valence-electron chi connectivity index (χ1n) is 6.77. The Kier molecular flexibility index (Phi) is 5.88. The quantitative estimate of drug-likeness (QED) is 0.707. The van der Waals surface area contributed by atoms with Gasteiger partial charge >= 0.3 is 6.03 Å². The lowest BCUT2D eigenvalue weighted by molar-refractivity contribution is 0.0757. The monoisotopic (exact) mass is 258 g/mol. The van der Waals surface area contributed by atoms with E-state index in [2.05, 4.69) is 5.32 Å². The van der Waals surface area contributed by atoms with Crippen molar-refractivity contribution in [2.45, 2.75) is 51.7 Å². The molecule has 1 fully saturated rings. The number of amides is 2. The zero-order valence-electron chi connectivity index (χ0n) is 11.7. The van der Waals surface area contributed by atoms with Crippen molar-refractivity contribution in [2.24, 2.45) is 0 Å². The molecule has 0 aromatic carbocycles. The highest BCUT2D eigenvalue weighted by Crippen LogP contribution is 2.28. The van der Waals surface area contributed by atoms with Gasteiger partial charge in [0.1, 0.15) is 0 Å². The Bertz CT molecular complexity index is 271. The minimum atomic E-state index is -0.390. The number of likely N-dealkylation sites (tertiary alicyclic amines) is 1. The van der Waals surface area contributed by atoms with E-state index in [0.29, 0.717) is 13.2 Å². The molecule has 0 saturated carbocycles. The first-order valence-corrected chi connectivity index (χ1v) is 6.77. The van der Waals surface area contributed by atoms with E-state index in [4.69, 9.17) is 4.74 Å².